The normalized spacial score (nSPS) is 14.8. The molecule has 0 unspecified atom stereocenters. The molecule has 0 amide bonds. The first-order chi connectivity index (χ1) is 5.13. The van der Waals surface area contributed by atoms with Gasteiger partial charge in [-0.05, 0) is 39.7 Å². The van der Waals surface area contributed by atoms with Gasteiger partial charge in [-0.25, -0.2) is 0 Å². The molecule has 0 aromatic carbocycles. The Bertz CT molecular complexity index is 170. The summed E-state index contributed by atoms with van der Waals surface area (Å²) < 4.78 is 0. The zero-order valence-electron chi connectivity index (χ0n) is 8.49. The van der Waals surface area contributed by atoms with E-state index >= 15 is 0 Å². The summed E-state index contributed by atoms with van der Waals surface area (Å²) in [5.41, 5.74) is 4.41. The molecule has 0 aromatic heterocycles. The van der Waals surface area contributed by atoms with Crippen LogP contribution in [0.25, 0.3) is 0 Å². The van der Waals surface area contributed by atoms with Crippen molar-refractivity contribution in [2.75, 3.05) is 0 Å². The molecule has 0 spiro atoms. The van der Waals surface area contributed by atoms with E-state index in [-0.39, 0.29) is 0 Å². The second-order valence-electron chi connectivity index (χ2n) is 3.13. The van der Waals surface area contributed by atoms with Crippen molar-refractivity contribution < 1.29 is 0 Å². The molecule has 0 saturated carbocycles. The van der Waals surface area contributed by atoms with E-state index in [1.165, 1.54) is 29.6 Å². The van der Waals surface area contributed by atoms with Gasteiger partial charge < -0.3 is 0 Å². The number of hydrogen-bond acceptors (Lipinski definition) is 0. The molecule has 0 N–H and O–H groups in total. The molecule has 64 valence electrons. The maximum Gasteiger partial charge on any atom is -0.0320 e. The SMILES string of the molecule is CC=C(C)C(C)=C(C)CCC. The van der Waals surface area contributed by atoms with E-state index in [1.807, 2.05) is 0 Å². The maximum absolute atomic E-state index is 2.23. The molecule has 11 heavy (non-hydrogen) atoms. The van der Waals surface area contributed by atoms with E-state index in [4.69, 9.17) is 0 Å². The smallest absolute Gasteiger partial charge is 0.0320 e. The largest absolute Gasteiger partial charge is 0.0845 e. The van der Waals surface area contributed by atoms with Crippen LogP contribution in [-0.2, 0) is 0 Å². The Labute approximate surface area is 71.0 Å². The standard InChI is InChI=1S/C11H20/c1-6-8-10(4)11(5)9(3)7-2/h7H,6,8H2,1-5H3. The van der Waals surface area contributed by atoms with E-state index < -0.39 is 0 Å². The summed E-state index contributed by atoms with van der Waals surface area (Å²) in [5, 5.41) is 0. The van der Waals surface area contributed by atoms with Gasteiger partial charge in [0.05, 0.1) is 0 Å². The third kappa shape index (κ3) is 3.41. The van der Waals surface area contributed by atoms with Crippen LogP contribution in [0.2, 0.25) is 0 Å². The predicted molar refractivity (Wildman–Crippen MR) is 52.7 cm³/mol. The van der Waals surface area contributed by atoms with Crippen molar-refractivity contribution in [1.82, 2.24) is 0 Å². The minimum absolute atomic E-state index is 1.23. The van der Waals surface area contributed by atoms with E-state index in [0.717, 1.165) is 0 Å². The highest BCUT2D eigenvalue weighted by Crippen LogP contribution is 2.16. The average Bonchev–Trinajstić information content (AvgIpc) is 2.02. The first-order valence-electron chi connectivity index (χ1n) is 4.43. The van der Waals surface area contributed by atoms with Crippen LogP contribution in [0.3, 0.4) is 0 Å². The fourth-order valence-electron chi connectivity index (χ4n) is 1.12. The lowest BCUT2D eigenvalue weighted by molar-refractivity contribution is 0.891. The monoisotopic (exact) mass is 152 g/mol. The Morgan fingerprint density at radius 3 is 2.09 bits per heavy atom. The Kier molecular flexibility index (Phi) is 4.93. The van der Waals surface area contributed by atoms with Crippen molar-refractivity contribution >= 4 is 0 Å². The number of rotatable bonds is 3. The Balaban J connectivity index is 4.39. The highest BCUT2D eigenvalue weighted by molar-refractivity contribution is 5.30. The highest BCUT2D eigenvalue weighted by Gasteiger charge is 1.96. The summed E-state index contributed by atoms with van der Waals surface area (Å²) in [5.74, 6) is 0. The quantitative estimate of drug-likeness (QED) is 0.534. The molecular formula is C11H20. The van der Waals surface area contributed by atoms with E-state index in [2.05, 4.69) is 40.7 Å². The number of allylic oxidation sites excluding steroid dienone is 4. The van der Waals surface area contributed by atoms with Crippen molar-refractivity contribution in [2.45, 2.75) is 47.5 Å². The van der Waals surface area contributed by atoms with Gasteiger partial charge in [0.15, 0.2) is 0 Å². The molecule has 0 saturated heterocycles. The third-order valence-corrected chi connectivity index (χ3v) is 2.29. The highest BCUT2D eigenvalue weighted by atomic mass is 14.0. The van der Waals surface area contributed by atoms with Crippen molar-refractivity contribution in [3.63, 3.8) is 0 Å². The van der Waals surface area contributed by atoms with Crippen molar-refractivity contribution in [2.24, 2.45) is 0 Å². The maximum atomic E-state index is 2.23. The van der Waals surface area contributed by atoms with Crippen LogP contribution in [0, 0.1) is 0 Å². The molecular weight excluding hydrogens is 132 g/mol. The molecule has 0 heterocycles. The fraction of sp³-hybridized carbons (Fsp3) is 0.636. The van der Waals surface area contributed by atoms with Gasteiger partial charge in [-0.3, -0.25) is 0 Å². The van der Waals surface area contributed by atoms with E-state index in [1.54, 1.807) is 0 Å². The summed E-state index contributed by atoms with van der Waals surface area (Å²) in [6.45, 7) is 10.9. The van der Waals surface area contributed by atoms with Gasteiger partial charge in [-0.15, -0.1) is 0 Å². The third-order valence-electron chi connectivity index (χ3n) is 2.29. The van der Waals surface area contributed by atoms with Gasteiger partial charge in [-0.2, -0.15) is 0 Å². The Morgan fingerprint density at radius 1 is 1.18 bits per heavy atom. The lowest BCUT2D eigenvalue weighted by Gasteiger charge is -2.06. The molecule has 0 aliphatic carbocycles. The van der Waals surface area contributed by atoms with Gasteiger partial charge in [0.25, 0.3) is 0 Å². The molecule has 0 bridgehead atoms. The zero-order chi connectivity index (χ0) is 8.85. The first kappa shape index (κ1) is 10.5. The molecule has 0 radical (unpaired) electrons. The molecule has 0 rings (SSSR count). The fourth-order valence-corrected chi connectivity index (χ4v) is 1.12. The van der Waals surface area contributed by atoms with Crippen LogP contribution < -0.4 is 0 Å². The second kappa shape index (κ2) is 5.17. The first-order valence-corrected chi connectivity index (χ1v) is 4.43. The Hall–Kier alpha value is -0.520. The van der Waals surface area contributed by atoms with Crippen LogP contribution in [-0.4, -0.2) is 0 Å². The van der Waals surface area contributed by atoms with Crippen LogP contribution in [0.4, 0.5) is 0 Å². The van der Waals surface area contributed by atoms with Gasteiger partial charge >= 0.3 is 0 Å². The molecule has 0 aromatic rings. The second-order valence-corrected chi connectivity index (χ2v) is 3.13. The van der Waals surface area contributed by atoms with Crippen molar-refractivity contribution in [3.8, 4) is 0 Å². The van der Waals surface area contributed by atoms with Crippen molar-refractivity contribution in [3.05, 3.63) is 22.8 Å². The van der Waals surface area contributed by atoms with Crippen LogP contribution in [0.15, 0.2) is 22.8 Å². The molecule has 0 aliphatic heterocycles. The van der Waals surface area contributed by atoms with Gasteiger partial charge in [0.2, 0.25) is 0 Å². The molecule has 0 aliphatic rings. The summed E-state index contributed by atoms with van der Waals surface area (Å²) in [6, 6.07) is 0. The summed E-state index contributed by atoms with van der Waals surface area (Å²) in [7, 11) is 0. The summed E-state index contributed by atoms with van der Waals surface area (Å²) in [6.07, 6.45) is 4.66. The molecule has 0 atom stereocenters. The predicted octanol–water partition coefficient (Wildman–Crippen LogP) is 4.09. The lowest BCUT2D eigenvalue weighted by Crippen LogP contribution is -1.85. The van der Waals surface area contributed by atoms with Gasteiger partial charge in [0, 0.05) is 0 Å². The summed E-state index contributed by atoms with van der Waals surface area (Å²) in [4.78, 5) is 0. The van der Waals surface area contributed by atoms with E-state index in [9.17, 15) is 0 Å². The molecule has 0 heteroatoms. The van der Waals surface area contributed by atoms with Crippen molar-refractivity contribution in [1.29, 1.82) is 0 Å². The number of hydrogen-bond donors (Lipinski definition) is 0. The van der Waals surface area contributed by atoms with Gasteiger partial charge in [0.1, 0.15) is 0 Å². The molecule has 0 fully saturated rings. The van der Waals surface area contributed by atoms with Crippen LogP contribution in [0.1, 0.15) is 47.5 Å². The molecule has 0 nitrogen and oxygen atoms in total. The van der Waals surface area contributed by atoms with E-state index in [0.29, 0.717) is 0 Å². The Morgan fingerprint density at radius 2 is 1.73 bits per heavy atom. The minimum Gasteiger partial charge on any atom is -0.0845 e. The average molecular weight is 152 g/mol. The lowest BCUT2D eigenvalue weighted by atomic mass is 10.0. The van der Waals surface area contributed by atoms with Crippen LogP contribution >= 0.6 is 0 Å². The zero-order valence-corrected chi connectivity index (χ0v) is 8.49. The minimum atomic E-state index is 1.23. The topological polar surface area (TPSA) is 0 Å². The summed E-state index contributed by atoms with van der Waals surface area (Å²) >= 11 is 0. The van der Waals surface area contributed by atoms with Crippen LogP contribution in [0.5, 0.6) is 0 Å². The van der Waals surface area contributed by atoms with Gasteiger partial charge in [-0.1, -0.05) is 30.6 Å².